The van der Waals surface area contributed by atoms with Crippen molar-refractivity contribution >= 4 is 29.1 Å². The fraction of sp³-hybridized carbons (Fsp3) is 0.280. The van der Waals surface area contributed by atoms with Gasteiger partial charge in [0.15, 0.2) is 11.6 Å². The van der Waals surface area contributed by atoms with Gasteiger partial charge in [0.05, 0.1) is 25.5 Å². The molecule has 10 heteroatoms. The lowest BCUT2D eigenvalue weighted by Gasteiger charge is -2.19. The second-order valence-electron chi connectivity index (χ2n) is 8.11. The molecule has 182 valence electrons. The van der Waals surface area contributed by atoms with Gasteiger partial charge in [-0.3, -0.25) is 4.79 Å². The molecule has 0 fully saturated rings. The maximum atomic E-state index is 10.7. The maximum Gasteiger partial charge on any atom is 0.211 e. The van der Waals surface area contributed by atoms with Crippen LogP contribution in [0.4, 0.5) is 17.2 Å². The average Bonchev–Trinajstić information content (AvgIpc) is 3.12. The Bertz CT molecular complexity index is 1370. The highest BCUT2D eigenvalue weighted by Gasteiger charge is 2.19. The molecule has 2 aromatic heterocycles. The number of carbonyl (C=O) groups is 1. The summed E-state index contributed by atoms with van der Waals surface area (Å²) in [6.07, 6.45) is -0.0931. The highest BCUT2D eigenvalue weighted by atomic mass is 16.5. The zero-order valence-electron chi connectivity index (χ0n) is 20.3. The van der Waals surface area contributed by atoms with Crippen LogP contribution in [0.1, 0.15) is 35.7 Å². The van der Waals surface area contributed by atoms with Gasteiger partial charge in [0.2, 0.25) is 6.41 Å². The molecule has 3 N–H and O–H groups in total. The first-order chi connectivity index (χ1) is 16.9. The Kier molecular flexibility index (Phi) is 6.94. The summed E-state index contributed by atoms with van der Waals surface area (Å²) >= 11 is 0. The lowest BCUT2D eigenvalue weighted by molar-refractivity contribution is -0.105. The largest absolute Gasteiger partial charge is 0.496 e. The van der Waals surface area contributed by atoms with Gasteiger partial charge in [-0.05, 0) is 56.7 Å². The van der Waals surface area contributed by atoms with Crippen molar-refractivity contribution in [1.82, 2.24) is 19.6 Å². The number of nitrogens with one attached hydrogen (secondary N) is 2. The number of anilines is 3. The Balaban J connectivity index is 1.84. The molecule has 2 aromatic carbocycles. The molecule has 0 bridgehead atoms. The fourth-order valence-corrected chi connectivity index (χ4v) is 4.13. The summed E-state index contributed by atoms with van der Waals surface area (Å²) in [5.74, 6) is 2.33. The van der Waals surface area contributed by atoms with Gasteiger partial charge in [-0.1, -0.05) is 0 Å². The third kappa shape index (κ3) is 4.79. The fourth-order valence-electron chi connectivity index (χ4n) is 4.13. The molecule has 0 spiro atoms. The lowest BCUT2D eigenvalue weighted by Crippen LogP contribution is -2.08. The molecule has 0 aliphatic heterocycles. The number of ether oxygens (including phenoxy) is 2. The van der Waals surface area contributed by atoms with Gasteiger partial charge in [0.25, 0.3) is 0 Å². The number of benzene rings is 2. The Labute approximate surface area is 202 Å². The van der Waals surface area contributed by atoms with Gasteiger partial charge in [-0.15, -0.1) is 5.10 Å². The average molecular weight is 477 g/mol. The Hall–Kier alpha value is -4.02. The predicted octanol–water partition coefficient (Wildman–Crippen LogP) is 3.93. The van der Waals surface area contributed by atoms with Crippen molar-refractivity contribution < 1.29 is 19.4 Å². The number of aromatic nitrogens is 4. The van der Waals surface area contributed by atoms with Gasteiger partial charge in [-0.25, -0.2) is 14.5 Å². The topological polar surface area (TPSA) is 123 Å². The molecule has 4 rings (SSSR count). The number of aliphatic hydroxyl groups excluding tert-OH is 1. The van der Waals surface area contributed by atoms with Crippen LogP contribution in [0.15, 0.2) is 36.4 Å². The van der Waals surface area contributed by atoms with E-state index in [2.05, 4.69) is 15.6 Å². The van der Waals surface area contributed by atoms with Crippen LogP contribution in [0.25, 0.3) is 16.9 Å². The summed E-state index contributed by atoms with van der Waals surface area (Å²) < 4.78 is 12.7. The number of carbonyl (C=O) groups excluding carboxylic acids is 1. The minimum absolute atomic E-state index is 0.308. The van der Waals surface area contributed by atoms with Crippen molar-refractivity contribution in [1.29, 1.82) is 0 Å². The smallest absolute Gasteiger partial charge is 0.211 e. The molecule has 0 aliphatic rings. The molecular formula is C25H28N6O4. The number of nitrogens with zero attached hydrogens (tertiary/aromatic N) is 4. The van der Waals surface area contributed by atoms with Crippen molar-refractivity contribution in [3.63, 3.8) is 0 Å². The predicted molar refractivity (Wildman–Crippen MR) is 133 cm³/mol. The number of rotatable bonds is 9. The highest BCUT2D eigenvalue weighted by molar-refractivity contribution is 5.78. The van der Waals surface area contributed by atoms with Crippen LogP contribution in [0.5, 0.6) is 5.75 Å². The van der Waals surface area contributed by atoms with Crippen molar-refractivity contribution in [2.75, 3.05) is 24.9 Å². The first-order valence-electron chi connectivity index (χ1n) is 11.1. The molecule has 0 aliphatic carbocycles. The standard InChI is InChI=1S/C25H28N6O4/c1-14-23-25(28-20-10-18(12-34-4)22(15(2)33)21(11-20)35-5)29-24(30-31(23)16(3)27-14)17-6-8-19(9-7-17)26-13-32/h6-11,13,15,33H,12H2,1-5H3,(H,26,32)(H,28,29,30). The van der Waals surface area contributed by atoms with E-state index in [4.69, 9.17) is 19.6 Å². The van der Waals surface area contributed by atoms with Gasteiger partial charge in [-0.2, -0.15) is 0 Å². The van der Waals surface area contributed by atoms with Gasteiger partial charge in [0, 0.05) is 35.7 Å². The van der Waals surface area contributed by atoms with Crippen LogP contribution in [-0.2, 0) is 16.1 Å². The number of hydrogen-bond acceptors (Lipinski definition) is 8. The van der Waals surface area contributed by atoms with E-state index >= 15 is 0 Å². The summed E-state index contributed by atoms with van der Waals surface area (Å²) in [7, 11) is 3.17. The molecule has 0 radical (unpaired) electrons. The minimum Gasteiger partial charge on any atom is -0.496 e. The molecule has 1 atom stereocenters. The van der Waals surface area contributed by atoms with E-state index in [0.717, 1.165) is 28.2 Å². The SMILES string of the molecule is COCc1cc(Nc2nc(-c3ccc(NC=O)cc3)nn3c(C)nc(C)c23)cc(OC)c1C(C)O. The van der Waals surface area contributed by atoms with E-state index in [1.807, 2.05) is 38.1 Å². The monoisotopic (exact) mass is 476 g/mol. The molecule has 10 nitrogen and oxygen atoms in total. The summed E-state index contributed by atoms with van der Waals surface area (Å²) in [6, 6.07) is 11.0. The number of amides is 1. The van der Waals surface area contributed by atoms with E-state index in [1.165, 1.54) is 0 Å². The lowest BCUT2D eigenvalue weighted by atomic mass is 10.0. The van der Waals surface area contributed by atoms with Gasteiger partial charge < -0.3 is 25.2 Å². The van der Waals surface area contributed by atoms with E-state index in [9.17, 15) is 9.90 Å². The third-order valence-electron chi connectivity index (χ3n) is 5.62. The van der Waals surface area contributed by atoms with Crippen LogP contribution in [0.3, 0.4) is 0 Å². The normalized spacial score (nSPS) is 11.9. The van der Waals surface area contributed by atoms with Crippen LogP contribution in [-0.4, -0.2) is 45.3 Å². The zero-order chi connectivity index (χ0) is 25.1. The van der Waals surface area contributed by atoms with E-state index in [1.54, 1.807) is 37.8 Å². The number of hydrogen-bond donors (Lipinski definition) is 3. The molecular weight excluding hydrogens is 448 g/mol. The van der Waals surface area contributed by atoms with E-state index in [0.29, 0.717) is 47.3 Å². The molecule has 4 aromatic rings. The van der Waals surface area contributed by atoms with Crippen LogP contribution >= 0.6 is 0 Å². The Morgan fingerprint density at radius 1 is 1.11 bits per heavy atom. The molecule has 1 unspecified atom stereocenters. The summed E-state index contributed by atoms with van der Waals surface area (Å²) in [5.41, 5.74) is 5.17. The first kappa shape index (κ1) is 24.1. The van der Waals surface area contributed by atoms with Crippen molar-refractivity contribution in [2.45, 2.75) is 33.5 Å². The Morgan fingerprint density at radius 3 is 2.49 bits per heavy atom. The van der Waals surface area contributed by atoms with Gasteiger partial charge >= 0.3 is 0 Å². The second-order valence-corrected chi connectivity index (χ2v) is 8.11. The maximum absolute atomic E-state index is 10.7. The molecule has 1 amide bonds. The first-order valence-corrected chi connectivity index (χ1v) is 11.1. The molecule has 0 saturated heterocycles. The third-order valence-corrected chi connectivity index (χ3v) is 5.62. The number of fused-ring (bicyclic) bond motifs is 1. The van der Waals surface area contributed by atoms with E-state index < -0.39 is 6.10 Å². The number of imidazole rings is 1. The zero-order valence-corrected chi connectivity index (χ0v) is 20.3. The summed E-state index contributed by atoms with van der Waals surface area (Å²) in [4.78, 5) is 20.1. The summed E-state index contributed by atoms with van der Waals surface area (Å²) in [6.45, 7) is 5.79. The summed E-state index contributed by atoms with van der Waals surface area (Å²) in [5, 5.41) is 21.0. The van der Waals surface area contributed by atoms with Crippen LogP contribution < -0.4 is 15.4 Å². The molecule has 0 saturated carbocycles. The van der Waals surface area contributed by atoms with Crippen molar-refractivity contribution in [2.24, 2.45) is 0 Å². The molecule has 2 heterocycles. The van der Waals surface area contributed by atoms with E-state index in [-0.39, 0.29) is 0 Å². The molecule has 35 heavy (non-hydrogen) atoms. The number of aryl methyl sites for hydroxylation is 2. The number of aliphatic hydroxyl groups is 1. The van der Waals surface area contributed by atoms with Crippen molar-refractivity contribution in [3.05, 3.63) is 59.0 Å². The van der Waals surface area contributed by atoms with Gasteiger partial charge in [0.1, 0.15) is 17.1 Å². The quantitative estimate of drug-likeness (QED) is 0.311. The van der Waals surface area contributed by atoms with Crippen LogP contribution in [0.2, 0.25) is 0 Å². The second kappa shape index (κ2) is 10.1. The minimum atomic E-state index is -0.724. The van der Waals surface area contributed by atoms with Crippen molar-refractivity contribution in [3.8, 4) is 17.1 Å². The highest BCUT2D eigenvalue weighted by Crippen LogP contribution is 2.35. The number of methoxy groups -OCH3 is 2. The van der Waals surface area contributed by atoms with Crippen LogP contribution in [0, 0.1) is 13.8 Å². The Morgan fingerprint density at radius 2 is 1.86 bits per heavy atom.